The SMILES string of the molecule is Cc1ccc(Oc2nc(-c3ccsc3)nc3scc(-c4ccccc4)c23)c[n+]1[O-]. The fraction of sp³-hybridized carbons (Fsp3) is 0.0455. The van der Waals surface area contributed by atoms with Crippen LogP contribution >= 0.6 is 22.7 Å². The van der Waals surface area contributed by atoms with Gasteiger partial charge in [0, 0.05) is 34.9 Å². The van der Waals surface area contributed by atoms with E-state index in [0.29, 0.717) is 23.1 Å². The van der Waals surface area contributed by atoms with Crippen molar-refractivity contribution in [2.75, 3.05) is 0 Å². The molecule has 0 unspecified atom stereocenters. The van der Waals surface area contributed by atoms with Crippen molar-refractivity contribution >= 4 is 32.9 Å². The van der Waals surface area contributed by atoms with Crippen LogP contribution in [0.1, 0.15) is 5.69 Å². The lowest BCUT2D eigenvalue weighted by molar-refractivity contribution is -0.612. The lowest BCUT2D eigenvalue weighted by atomic mass is 10.1. The van der Waals surface area contributed by atoms with E-state index in [0.717, 1.165) is 31.6 Å². The third kappa shape index (κ3) is 3.35. The normalized spacial score (nSPS) is 11.1. The summed E-state index contributed by atoms with van der Waals surface area (Å²) in [6, 6.07) is 15.6. The first kappa shape index (κ1) is 17.8. The maximum Gasteiger partial charge on any atom is 0.232 e. The van der Waals surface area contributed by atoms with Gasteiger partial charge in [-0.25, -0.2) is 4.98 Å². The molecule has 0 amide bonds. The number of fused-ring (bicyclic) bond motifs is 1. The van der Waals surface area contributed by atoms with Crippen LogP contribution in [0.3, 0.4) is 0 Å². The molecule has 5 aromatic rings. The molecule has 0 bridgehead atoms. The average Bonchev–Trinajstić information content (AvgIpc) is 3.41. The Morgan fingerprint density at radius 2 is 1.83 bits per heavy atom. The molecule has 0 saturated heterocycles. The minimum Gasteiger partial charge on any atom is -0.618 e. The number of thiophene rings is 2. The van der Waals surface area contributed by atoms with E-state index in [2.05, 4.69) is 17.5 Å². The van der Waals surface area contributed by atoms with Gasteiger partial charge < -0.3 is 9.94 Å². The summed E-state index contributed by atoms with van der Waals surface area (Å²) in [5.41, 5.74) is 3.63. The first-order valence-electron chi connectivity index (χ1n) is 8.94. The van der Waals surface area contributed by atoms with Gasteiger partial charge in [0.05, 0.1) is 5.39 Å². The predicted molar refractivity (Wildman–Crippen MR) is 116 cm³/mol. The minimum atomic E-state index is 0.437. The molecule has 4 heterocycles. The molecule has 5 rings (SSSR count). The van der Waals surface area contributed by atoms with E-state index in [1.165, 1.54) is 6.20 Å². The highest BCUT2D eigenvalue weighted by Crippen LogP contribution is 2.40. The first-order valence-corrected chi connectivity index (χ1v) is 10.8. The summed E-state index contributed by atoms with van der Waals surface area (Å²) in [4.78, 5) is 10.3. The van der Waals surface area contributed by atoms with Gasteiger partial charge in [0.2, 0.25) is 12.1 Å². The second-order valence-electron chi connectivity index (χ2n) is 6.49. The lowest BCUT2D eigenvalue weighted by Crippen LogP contribution is -2.28. The number of hydrogen-bond acceptors (Lipinski definition) is 6. The largest absolute Gasteiger partial charge is 0.618 e. The van der Waals surface area contributed by atoms with Crippen molar-refractivity contribution in [1.82, 2.24) is 9.97 Å². The maximum absolute atomic E-state index is 12.0. The molecule has 0 aliphatic heterocycles. The molecule has 1 aromatic carbocycles. The van der Waals surface area contributed by atoms with Gasteiger partial charge >= 0.3 is 0 Å². The molecule has 142 valence electrons. The van der Waals surface area contributed by atoms with Crippen LogP contribution in [0.2, 0.25) is 0 Å². The lowest BCUT2D eigenvalue weighted by Gasteiger charge is -2.10. The van der Waals surface area contributed by atoms with Crippen molar-refractivity contribution in [3.8, 4) is 34.1 Å². The zero-order valence-corrected chi connectivity index (χ0v) is 17.0. The van der Waals surface area contributed by atoms with Gasteiger partial charge in [0.25, 0.3) is 0 Å². The molecule has 0 saturated carbocycles. The third-order valence-electron chi connectivity index (χ3n) is 4.56. The Morgan fingerprint density at radius 1 is 0.966 bits per heavy atom. The van der Waals surface area contributed by atoms with E-state index >= 15 is 0 Å². The summed E-state index contributed by atoms with van der Waals surface area (Å²) in [6.07, 6.45) is 1.42. The highest BCUT2D eigenvalue weighted by molar-refractivity contribution is 7.17. The van der Waals surface area contributed by atoms with Gasteiger partial charge in [-0.1, -0.05) is 30.3 Å². The average molecular weight is 418 g/mol. The monoisotopic (exact) mass is 417 g/mol. The zero-order chi connectivity index (χ0) is 19.8. The van der Waals surface area contributed by atoms with Gasteiger partial charge in [-0.05, 0) is 23.1 Å². The van der Waals surface area contributed by atoms with Crippen LogP contribution < -0.4 is 9.47 Å². The summed E-state index contributed by atoms with van der Waals surface area (Å²) in [7, 11) is 0. The van der Waals surface area contributed by atoms with E-state index in [1.807, 2.05) is 35.0 Å². The zero-order valence-electron chi connectivity index (χ0n) is 15.4. The number of benzene rings is 1. The van der Waals surface area contributed by atoms with Crippen LogP contribution in [0.15, 0.2) is 70.9 Å². The molecular formula is C22H15N3O2S2. The van der Waals surface area contributed by atoms with Gasteiger partial charge in [0.1, 0.15) is 4.83 Å². The van der Waals surface area contributed by atoms with Crippen molar-refractivity contribution in [2.24, 2.45) is 0 Å². The molecule has 4 aromatic heterocycles. The quantitative estimate of drug-likeness (QED) is 0.273. The number of pyridine rings is 1. The van der Waals surface area contributed by atoms with E-state index in [4.69, 9.17) is 14.7 Å². The number of aromatic nitrogens is 3. The van der Waals surface area contributed by atoms with Crippen LogP contribution in [0.4, 0.5) is 0 Å². The fourth-order valence-corrected chi connectivity index (χ4v) is 4.62. The first-order chi connectivity index (χ1) is 14.2. The number of ether oxygens (including phenoxy) is 1. The fourth-order valence-electron chi connectivity index (χ4n) is 3.04. The molecule has 0 aliphatic rings. The molecule has 5 nitrogen and oxygen atoms in total. The number of aryl methyl sites for hydroxylation is 1. The molecule has 0 aliphatic carbocycles. The van der Waals surface area contributed by atoms with Crippen molar-refractivity contribution < 1.29 is 9.47 Å². The summed E-state index contributed by atoms with van der Waals surface area (Å²) in [5, 5.41) is 18.9. The molecule has 0 spiro atoms. The summed E-state index contributed by atoms with van der Waals surface area (Å²) < 4.78 is 6.92. The van der Waals surface area contributed by atoms with Gasteiger partial charge in [-0.15, -0.1) is 11.3 Å². The Labute approximate surface area is 175 Å². The minimum absolute atomic E-state index is 0.437. The molecular weight excluding hydrogens is 402 g/mol. The Kier molecular flexibility index (Phi) is 4.46. The second-order valence-corrected chi connectivity index (χ2v) is 8.13. The van der Waals surface area contributed by atoms with Crippen molar-refractivity contribution in [1.29, 1.82) is 0 Å². The smallest absolute Gasteiger partial charge is 0.232 e. The van der Waals surface area contributed by atoms with Gasteiger partial charge in [-0.2, -0.15) is 21.1 Å². The Morgan fingerprint density at radius 3 is 2.59 bits per heavy atom. The molecule has 0 fully saturated rings. The third-order valence-corrected chi connectivity index (χ3v) is 6.12. The van der Waals surface area contributed by atoms with Crippen LogP contribution in [0.5, 0.6) is 11.6 Å². The van der Waals surface area contributed by atoms with E-state index in [1.54, 1.807) is 41.7 Å². The molecule has 0 N–H and O–H groups in total. The molecule has 0 radical (unpaired) electrons. The van der Waals surface area contributed by atoms with Crippen molar-refractivity contribution in [3.05, 3.63) is 81.8 Å². The van der Waals surface area contributed by atoms with Crippen LogP contribution in [0, 0.1) is 12.1 Å². The van der Waals surface area contributed by atoms with E-state index < -0.39 is 0 Å². The topological polar surface area (TPSA) is 62.0 Å². The highest BCUT2D eigenvalue weighted by Gasteiger charge is 2.19. The Bertz CT molecular complexity index is 1300. The van der Waals surface area contributed by atoms with Crippen molar-refractivity contribution in [3.63, 3.8) is 0 Å². The maximum atomic E-state index is 12.0. The van der Waals surface area contributed by atoms with E-state index in [9.17, 15) is 5.21 Å². The van der Waals surface area contributed by atoms with Crippen LogP contribution in [-0.4, -0.2) is 9.97 Å². The predicted octanol–water partition coefficient (Wildman–Crippen LogP) is 5.82. The summed E-state index contributed by atoms with van der Waals surface area (Å²) >= 11 is 3.15. The number of hydrogen-bond donors (Lipinski definition) is 0. The standard InChI is InChI=1S/C22H15N3O2S2/c1-14-7-8-17(11-25(14)26)27-21-19-18(15-5-3-2-4-6-15)13-29-22(19)24-20(23-21)16-9-10-28-12-16/h2-13H,1H3. The molecule has 0 atom stereocenters. The van der Waals surface area contributed by atoms with Gasteiger partial charge in [0.15, 0.2) is 17.3 Å². The van der Waals surface area contributed by atoms with E-state index in [-0.39, 0.29) is 0 Å². The van der Waals surface area contributed by atoms with Gasteiger partial charge in [-0.3, -0.25) is 0 Å². The highest BCUT2D eigenvalue weighted by atomic mass is 32.1. The molecule has 29 heavy (non-hydrogen) atoms. The van der Waals surface area contributed by atoms with Crippen LogP contribution in [-0.2, 0) is 0 Å². The van der Waals surface area contributed by atoms with Crippen molar-refractivity contribution in [2.45, 2.75) is 6.92 Å². The summed E-state index contributed by atoms with van der Waals surface area (Å²) in [6.45, 7) is 1.75. The summed E-state index contributed by atoms with van der Waals surface area (Å²) in [5.74, 6) is 1.49. The molecule has 7 heteroatoms. The Hall–Kier alpha value is -3.29. The second kappa shape index (κ2) is 7.27. The number of nitrogens with zero attached hydrogens (tertiary/aromatic N) is 3. The number of rotatable bonds is 4. The Balaban J connectivity index is 1.71. The van der Waals surface area contributed by atoms with Crippen LogP contribution in [0.25, 0.3) is 32.7 Å².